The molecule has 22 heavy (non-hydrogen) atoms. The van der Waals surface area contributed by atoms with Crippen LogP contribution >= 0.6 is 0 Å². The summed E-state index contributed by atoms with van der Waals surface area (Å²) in [6.45, 7) is -0.0685. The van der Waals surface area contributed by atoms with E-state index in [-0.39, 0.29) is 22.9 Å². The lowest BCUT2D eigenvalue weighted by atomic mass is 9.94. The monoisotopic (exact) mass is 311 g/mol. The molecule has 0 unspecified atom stereocenters. The Morgan fingerprint density at radius 3 is 2.68 bits per heavy atom. The van der Waals surface area contributed by atoms with Gasteiger partial charge in [-0.05, 0) is 50.9 Å². The molecule has 0 spiro atoms. The first kappa shape index (κ1) is 15.1. The number of ether oxygens (including phenoxy) is 1. The first-order chi connectivity index (χ1) is 10.6. The number of aromatic nitrogens is 1. The highest BCUT2D eigenvalue weighted by Gasteiger charge is 2.44. The predicted molar refractivity (Wildman–Crippen MR) is 76.0 cm³/mol. The van der Waals surface area contributed by atoms with Gasteiger partial charge in [0, 0.05) is 12.1 Å². The fourth-order valence-electron chi connectivity index (χ4n) is 3.54. The Labute approximate surface area is 127 Å². The number of carbonyl (C=O) groups excluding carboxylic acids is 1. The highest BCUT2D eigenvalue weighted by molar-refractivity contribution is 5.92. The standard InChI is InChI=1S/C15H19F2N3O2/c16-14(17)22-11-3-4-12(18-9-11)13(21)19-10-15-5-1-7-20(15)8-2-6-15/h3-4,9,14H,1-2,5-8,10H2,(H,19,21). The lowest BCUT2D eigenvalue weighted by Crippen LogP contribution is -2.48. The number of alkyl halides is 2. The van der Waals surface area contributed by atoms with E-state index >= 15 is 0 Å². The second-order valence-electron chi connectivity index (χ2n) is 5.86. The molecule has 1 aromatic heterocycles. The quantitative estimate of drug-likeness (QED) is 0.904. The van der Waals surface area contributed by atoms with Crippen LogP contribution in [0, 0.1) is 0 Å². The third-order valence-corrected chi connectivity index (χ3v) is 4.58. The van der Waals surface area contributed by atoms with E-state index in [1.807, 2.05) is 0 Å². The molecule has 0 saturated carbocycles. The van der Waals surface area contributed by atoms with Crippen molar-refractivity contribution < 1.29 is 18.3 Å². The molecule has 2 aliphatic heterocycles. The molecule has 2 fully saturated rings. The summed E-state index contributed by atoms with van der Waals surface area (Å²) in [7, 11) is 0. The van der Waals surface area contributed by atoms with Crippen LogP contribution in [0.1, 0.15) is 36.2 Å². The number of nitrogens with one attached hydrogen (secondary N) is 1. The summed E-state index contributed by atoms with van der Waals surface area (Å²) in [6.07, 6.45) is 5.71. The SMILES string of the molecule is O=C(NCC12CCCN1CCC2)c1ccc(OC(F)F)cn1. The maximum Gasteiger partial charge on any atom is 0.387 e. The summed E-state index contributed by atoms with van der Waals surface area (Å²) in [4.78, 5) is 18.5. The summed E-state index contributed by atoms with van der Waals surface area (Å²) >= 11 is 0. The maximum absolute atomic E-state index is 12.1. The normalized spacial score (nSPS) is 20.1. The molecule has 2 aliphatic rings. The molecular formula is C15H19F2N3O2. The molecule has 0 radical (unpaired) electrons. The molecule has 1 amide bonds. The van der Waals surface area contributed by atoms with E-state index in [1.165, 1.54) is 25.0 Å². The molecule has 5 nitrogen and oxygen atoms in total. The van der Waals surface area contributed by atoms with Crippen LogP contribution in [0.2, 0.25) is 0 Å². The van der Waals surface area contributed by atoms with Crippen molar-refractivity contribution >= 4 is 5.91 Å². The summed E-state index contributed by atoms with van der Waals surface area (Å²) in [5.41, 5.74) is 0.314. The van der Waals surface area contributed by atoms with E-state index in [4.69, 9.17) is 0 Å². The first-order valence-corrected chi connectivity index (χ1v) is 7.53. The van der Waals surface area contributed by atoms with E-state index in [1.54, 1.807) is 0 Å². The van der Waals surface area contributed by atoms with Gasteiger partial charge in [-0.1, -0.05) is 0 Å². The fourth-order valence-corrected chi connectivity index (χ4v) is 3.54. The zero-order chi connectivity index (χ0) is 15.6. The Balaban J connectivity index is 1.58. The van der Waals surface area contributed by atoms with Gasteiger partial charge in [-0.3, -0.25) is 9.69 Å². The Morgan fingerprint density at radius 1 is 1.36 bits per heavy atom. The van der Waals surface area contributed by atoms with Crippen molar-refractivity contribution in [1.29, 1.82) is 0 Å². The Bertz CT molecular complexity index is 526. The molecule has 0 atom stereocenters. The van der Waals surface area contributed by atoms with Crippen LogP contribution in [0.4, 0.5) is 8.78 Å². The number of pyridine rings is 1. The highest BCUT2D eigenvalue weighted by atomic mass is 19.3. The van der Waals surface area contributed by atoms with Gasteiger partial charge < -0.3 is 10.1 Å². The molecule has 3 heterocycles. The number of hydrogen-bond donors (Lipinski definition) is 1. The molecule has 7 heteroatoms. The third kappa shape index (κ3) is 3.04. The molecule has 2 saturated heterocycles. The van der Waals surface area contributed by atoms with Gasteiger partial charge in [0.2, 0.25) is 0 Å². The molecular weight excluding hydrogens is 292 g/mol. The molecule has 3 rings (SSSR count). The van der Waals surface area contributed by atoms with Crippen molar-refractivity contribution in [2.75, 3.05) is 19.6 Å². The summed E-state index contributed by atoms with van der Waals surface area (Å²) in [6, 6.07) is 2.72. The van der Waals surface area contributed by atoms with Crippen LogP contribution in [-0.2, 0) is 0 Å². The van der Waals surface area contributed by atoms with Gasteiger partial charge in [0.25, 0.3) is 5.91 Å². The van der Waals surface area contributed by atoms with Crippen LogP contribution < -0.4 is 10.1 Å². The second kappa shape index (κ2) is 6.16. The fraction of sp³-hybridized carbons (Fsp3) is 0.600. The summed E-state index contributed by atoms with van der Waals surface area (Å²) in [5, 5.41) is 2.93. The van der Waals surface area contributed by atoms with Gasteiger partial charge in [0.1, 0.15) is 11.4 Å². The zero-order valence-corrected chi connectivity index (χ0v) is 12.2. The van der Waals surface area contributed by atoms with Crippen molar-refractivity contribution in [3.05, 3.63) is 24.0 Å². The van der Waals surface area contributed by atoms with Crippen LogP contribution in [0.5, 0.6) is 5.75 Å². The minimum atomic E-state index is -2.89. The van der Waals surface area contributed by atoms with Gasteiger partial charge in [-0.2, -0.15) is 8.78 Å². The summed E-state index contributed by atoms with van der Waals surface area (Å²) < 4.78 is 28.3. The van der Waals surface area contributed by atoms with Crippen molar-refractivity contribution in [1.82, 2.24) is 15.2 Å². The van der Waals surface area contributed by atoms with Gasteiger partial charge in [-0.15, -0.1) is 0 Å². The lowest BCUT2D eigenvalue weighted by Gasteiger charge is -2.32. The molecule has 120 valence electrons. The van der Waals surface area contributed by atoms with E-state index in [9.17, 15) is 13.6 Å². The van der Waals surface area contributed by atoms with Crippen molar-refractivity contribution in [3.8, 4) is 5.75 Å². The second-order valence-corrected chi connectivity index (χ2v) is 5.86. The van der Waals surface area contributed by atoms with Gasteiger partial charge in [-0.25, -0.2) is 4.98 Å². The Kier molecular flexibility index (Phi) is 4.24. The van der Waals surface area contributed by atoms with Crippen LogP contribution in [0.25, 0.3) is 0 Å². The van der Waals surface area contributed by atoms with Gasteiger partial charge in [0.15, 0.2) is 0 Å². The minimum Gasteiger partial charge on any atom is -0.433 e. The van der Waals surface area contributed by atoms with Crippen LogP contribution in [0.3, 0.4) is 0 Å². The number of rotatable bonds is 5. The smallest absolute Gasteiger partial charge is 0.387 e. The highest BCUT2D eigenvalue weighted by Crippen LogP contribution is 2.38. The van der Waals surface area contributed by atoms with Gasteiger partial charge in [0.05, 0.1) is 6.20 Å². The van der Waals surface area contributed by atoms with E-state index in [0.717, 1.165) is 32.1 Å². The third-order valence-electron chi connectivity index (χ3n) is 4.58. The van der Waals surface area contributed by atoms with E-state index < -0.39 is 6.61 Å². The molecule has 0 aromatic carbocycles. The number of amides is 1. The van der Waals surface area contributed by atoms with Crippen LogP contribution in [-0.4, -0.2) is 47.6 Å². The number of halogens is 2. The molecule has 0 aliphatic carbocycles. The van der Waals surface area contributed by atoms with Crippen molar-refractivity contribution in [3.63, 3.8) is 0 Å². The Hall–Kier alpha value is -1.76. The number of hydrogen-bond acceptors (Lipinski definition) is 4. The lowest BCUT2D eigenvalue weighted by molar-refractivity contribution is -0.0500. The first-order valence-electron chi connectivity index (χ1n) is 7.53. The topological polar surface area (TPSA) is 54.5 Å². The average Bonchev–Trinajstić information content (AvgIpc) is 3.04. The summed E-state index contributed by atoms with van der Waals surface area (Å²) in [5.74, 6) is -0.334. The average molecular weight is 311 g/mol. The van der Waals surface area contributed by atoms with Gasteiger partial charge >= 0.3 is 6.61 Å². The number of nitrogens with zero attached hydrogens (tertiary/aromatic N) is 2. The number of fused-ring (bicyclic) bond motifs is 1. The van der Waals surface area contributed by atoms with Crippen molar-refractivity contribution in [2.45, 2.75) is 37.8 Å². The predicted octanol–water partition coefficient (Wildman–Crippen LogP) is 2.04. The van der Waals surface area contributed by atoms with E-state index in [2.05, 4.69) is 19.9 Å². The molecule has 0 bridgehead atoms. The van der Waals surface area contributed by atoms with E-state index in [0.29, 0.717) is 6.54 Å². The van der Waals surface area contributed by atoms with Crippen molar-refractivity contribution in [2.24, 2.45) is 0 Å². The largest absolute Gasteiger partial charge is 0.433 e. The number of carbonyl (C=O) groups is 1. The molecule has 1 N–H and O–H groups in total. The van der Waals surface area contributed by atoms with Crippen LogP contribution in [0.15, 0.2) is 18.3 Å². The minimum absolute atomic E-state index is 0.0529. The zero-order valence-electron chi connectivity index (χ0n) is 12.2. The Morgan fingerprint density at radius 2 is 2.09 bits per heavy atom. The molecule has 1 aromatic rings. The maximum atomic E-state index is 12.1.